The van der Waals surface area contributed by atoms with E-state index in [1.807, 2.05) is 48.5 Å². The smallest absolute Gasteiger partial charge is 0.240 e. The Morgan fingerprint density at radius 3 is 2.20 bits per heavy atom. The second-order valence-corrected chi connectivity index (χ2v) is 7.13. The van der Waals surface area contributed by atoms with E-state index in [2.05, 4.69) is 11.2 Å². The molecule has 30 heavy (non-hydrogen) atoms. The fourth-order valence-corrected chi connectivity index (χ4v) is 3.95. The van der Waals surface area contributed by atoms with E-state index in [1.54, 1.807) is 26.3 Å². The van der Waals surface area contributed by atoms with Crippen LogP contribution in [0.2, 0.25) is 0 Å². The SMILES string of the molecule is COc1cc(OC)cc(C2=NN(C(C)=O)[C@@H](c3ccc(OC)c4ccccc34)C2)c1. The lowest BCUT2D eigenvalue weighted by atomic mass is 9.93. The van der Waals surface area contributed by atoms with Gasteiger partial charge in [-0.1, -0.05) is 30.3 Å². The van der Waals surface area contributed by atoms with Crippen molar-refractivity contribution in [3.8, 4) is 17.2 Å². The highest BCUT2D eigenvalue weighted by Crippen LogP contribution is 2.39. The van der Waals surface area contributed by atoms with Crippen LogP contribution in [0.25, 0.3) is 10.8 Å². The van der Waals surface area contributed by atoms with Crippen LogP contribution in [-0.2, 0) is 4.79 Å². The van der Waals surface area contributed by atoms with Crippen molar-refractivity contribution in [2.45, 2.75) is 19.4 Å². The van der Waals surface area contributed by atoms with Crippen LogP contribution in [0.1, 0.15) is 30.5 Å². The highest BCUT2D eigenvalue weighted by molar-refractivity contribution is 6.04. The first kappa shape index (κ1) is 19.8. The van der Waals surface area contributed by atoms with Gasteiger partial charge in [-0.2, -0.15) is 5.10 Å². The van der Waals surface area contributed by atoms with Crippen LogP contribution in [0.5, 0.6) is 17.2 Å². The number of nitrogens with zero attached hydrogens (tertiary/aromatic N) is 2. The van der Waals surface area contributed by atoms with Crippen molar-refractivity contribution in [1.29, 1.82) is 0 Å². The Kier molecular flexibility index (Phi) is 5.31. The third kappa shape index (κ3) is 3.45. The number of fused-ring (bicyclic) bond motifs is 1. The summed E-state index contributed by atoms with van der Waals surface area (Å²) < 4.78 is 16.3. The Bertz CT molecular complexity index is 1120. The molecule has 0 bridgehead atoms. The van der Waals surface area contributed by atoms with Crippen LogP contribution >= 0.6 is 0 Å². The number of ether oxygens (including phenoxy) is 3. The standard InChI is InChI=1S/C24H24N2O4/c1-15(27)26-23(20-9-10-24(30-4)21-8-6-5-7-19(20)21)14-22(25-26)16-11-17(28-2)13-18(12-16)29-3/h5-13,23H,14H2,1-4H3/t23-/m1/s1. The Morgan fingerprint density at radius 1 is 0.933 bits per heavy atom. The van der Waals surface area contributed by atoms with Crippen molar-refractivity contribution in [1.82, 2.24) is 5.01 Å². The Labute approximate surface area is 175 Å². The summed E-state index contributed by atoms with van der Waals surface area (Å²) >= 11 is 0. The molecule has 0 radical (unpaired) electrons. The number of hydrazone groups is 1. The van der Waals surface area contributed by atoms with E-state index in [0.29, 0.717) is 17.9 Å². The predicted octanol–water partition coefficient (Wildman–Crippen LogP) is 4.56. The molecule has 6 heteroatoms. The first-order valence-electron chi connectivity index (χ1n) is 9.72. The van der Waals surface area contributed by atoms with Crippen LogP contribution in [0.15, 0.2) is 59.7 Å². The van der Waals surface area contributed by atoms with Gasteiger partial charge in [0.25, 0.3) is 0 Å². The second-order valence-electron chi connectivity index (χ2n) is 7.13. The fraction of sp³-hybridized carbons (Fsp3) is 0.250. The number of rotatable bonds is 5. The van der Waals surface area contributed by atoms with E-state index in [9.17, 15) is 4.79 Å². The first-order chi connectivity index (χ1) is 14.5. The maximum atomic E-state index is 12.5. The van der Waals surface area contributed by atoms with E-state index in [4.69, 9.17) is 14.2 Å². The van der Waals surface area contributed by atoms with Gasteiger partial charge in [0.1, 0.15) is 17.2 Å². The van der Waals surface area contributed by atoms with Gasteiger partial charge in [0.2, 0.25) is 5.91 Å². The summed E-state index contributed by atoms with van der Waals surface area (Å²) in [6.45, 7) is 1.54. The van der Waals surface area contributed by atoms with Crippen molar-refractivity contribution >= 4 is 22.4 Å². The van der Waals surface area contributed by atoms with Gasteiger partial charge >= 0.3 is 0 Å². The van der Waals surface area contributed by atoms with Crippen molar-refractivity contribution in [3.63, 3.8) is 0 Å². The average molecular weight is 404 g/mol. The molecule has 0 N–H and O–H groups in total. The molecule has 4 rings (SSSR count). The molecule has 0 unspecified atom stereocenters. The minimum absolute atomic E-state index is 0.107. The molecule has 1 aliphatic rings. The molecule has 0 fully saturated rings. The van der Waals surface area contributed by atoms with Gasteiger partial charge in [-0.25, -0.2) is 5.01 Å². The largest absolute Gasteiger partial charge is 0.497 e. The summed E-state index contributed by atoms with van der Waals surface area (Å²) in [5.74, 6) is 2.06. The predicted molar refractivity (Wildman–Crippen MR) is 116 cm³/mol. The third-order valence-corrected chi connectivity index (χ3v) is 5.41. The average Bonchev–Trinajstić information content (AvgIpc) is 3.23. The van der Waals surface area contributed by atoms with Gasteiger partial charge in [0.15, 0.2) is 0 Å². The van der Waals surface area contributed by atoms with Crippen molar-refractivity contribution in [2.75, 3.05) is 21.3 Å². The zero-order valence-electron chi connectivity index (χ0n) is 17.5. The topological polar surface area (TPSA) is 60.4 Å². The molecule has 3 aromatic carbocycles. The van der Waals surface area contributed by atoms with E-state index < -0.39 is 0 Å². The van der Waals surface area contributed by atoms with E-state index in [-0.39, 0.29) is 11.9 Å². The molecule has 0 aromatic heterocycles. The summed E-state index contributed by atoms with van der Waals surface area (Å²) in [7, 11) is 4.89. The van der Waals surface area contributed by atoms with Crippen LogP contribution in [0.3, 0.4) is 0 Å². The highest BCUT2D eigenvalue weighted by Gasteiger charge is 2.33. The van der Waals surface area contributed by atoms with Gasteiger partial charge in [0, 0.05) is 30.4 Å². The normalized spacial score (nSPS) is 15.8. The molecule has 1 aliphatic heterocycles. The summed E-state index contributed by atoms with van der Waals surface area (Å²) in [6, 6.07) is 17.5. The number of methoxy groups -OCH3 is 3. The second kappa shape index (κ2) is 8.06. The lowest BCUT2D eigenvalue weighted by Crippen LogP contribution is -2.24. The number of carbonyl (C=O) groups is 1. The number of carbonyl (C=O) groups excluding carboxylic acids is 1. The van der Waals surface area contributed by atoms with Crippen LogP contribution < -0.4 is 14.2 Å². The number of benzene rings is 3. The summed E-state index contributed by atoms with van der Waals surface area (Å²) in [6.07, 6.45) is 0.590. The fourth-order valence-electron chi connectivity index (χ4n) is 3.95. The first-order valence-corrected chi connectivity index (χ1v) is 9.72. The van der Waals surface area contributed by atoms with E-state index >= 15 is 0 Å². The van der Waals surface area contributed by atoms with Gasteiger partial charge in [-0.05, 0) is 29.1 Å². The number of amides is 1. The molecule has 0 spiro atoms. The number of hydrogen-bond acceptors (Lipinski definition) is 5. The zero-order valence-corrected chi connectivity index (χ0v) is 17.5. The monoisotopic (exact) mass is 404 g/mol. The molecule has 3 aromatic rings. The third-order valence-electron chi connectivity index (χ3n) is 5.41. The Morgan fingerprint density at radius 2 is 1.60 bits per heavy atom. The van der Waals surface area contributed by atoms with Crippen LogP contribution in [0, 0.1) is 0 Å². The number of hydrogen-bond donors (Lipinski definition) is 0. The Hall–Kier alpha value is -3.54. The molecular formula is C24H24N2O4. The zero-order chi connectivity index (χ0) is 21.3. The highest BCUT2D eigenvalue weighted by atomic mass is 16.5. The Balaban J connectivity index is 1.79. The molecule has 0 saturated carbocycles. The van der Waals surface area contributed by atoms with Crippen molar-refractivity contribution in [2.24, 2.45) is 5.10 Å². The van der Waals surface area contributed by atoms with Crippen molar-refractivity contribution < 1.29 is 19.0 Å². The summed E-state index contributed by atoms with van der Waals surface area (Å²) in [4.78, 5) is 12.5. The molecular weight excluding hydrogens is 380 g/mol. The molecule has 1 heterocycles. The van der Waals surface area contributed by atoms with Gasteiger partial charge in [-0.3, -0.25) is 4.79 Å². The van der Waals surface area contributed by atoms with Crippen LogP contribution in [-0.4, -0.2) is 38.0 Å². The molecule has 0 aliphatic carbocycles. The minimum Gasteiger partial charge on any atom is -0.497 e. The van der Waals surface area contributed by atoms with Gasteiger partial charge in [-0.15, -0.1) is 0 Å². The van der Waals surface area contributed by atoms with Gasteiger partial charge < -0.3 is 14.2 Å². The molecule has 0 saturated heterocycles. The van der Waals surface area contributed by atoms with Gasteiger partial charge in [0.05, 0.1) is 33.1 Å². The molecule has 1 atom stereocenters. The van der Waals surface area contributed by atoms with Crippen LogP contribution in [0.4, 0.5) is 0 Å². The molecule has 1 amide bonds. The lowest BCUT2D eigenvalue weighted by molar-refractivity contribution is -0.130. The maximum Gasteiger partial charge on any atom is 0.240 e. The summed E-state index contributed by atoms with van der Waals surface area (Å²) in [5, 5.41) is 8.30. The quantitative estimate of drug-likeness (QED) is 0.625. The summed E-state index contributed by atoms with van der Waals surface area (Å²) in [5.41, 5.74) is 2.72. The minimum atomic E-state index is -0.203. The molecule has 6 nitrogen and oxygen atoms in total. The lowest BCUT2D eigenvalue weighted by Gasteiger charge is -2.22. The maximum absolute atomic E-state index is 12.5. The van der Waals surface area contributed by atoms with Crippen molar-refractivity contribution in [3.05, 3.63) is 65.7 Å². The molecule has 154 valence electrons. The van der Waals surface area contributed by atoms with E-state index in [1.165, 1.54) is 6.92 Å². The van der Waals surface area contributed by atoms with E-state index in [0.717, 1.165) is 33.4 Å².